The van der Waals surface area contributed by atoms with E-state index in [0.717, 1.165) is 5.57 Å². The van der Waals surface area contributed by atoms with Gasteiger partial charge in [-0.2, -0.15) is 0 Å². The predicted molar refractivity (Wildman–Crippen MR) is 44.0 cm³/mol. The van der Waals surface area contributed by atoms with Gasteiger partial charge >= 0.3 is 5.97 Å². The average molecular weight is 152 g/mol. The molecule has 0 saturated heterocycles. The normalized spacial score (nSPS) is 11.6. The van der Waals surface area contributed by atoms with E-state index in [1.54, 1.807) is 6.92 Å². The maximum absolute atomic E-state index is 10.5. The molecule has 11 heavy (non-hydrogen) atoms. The van der Waals surface area contributed by atoms with Crippen LogP contribution < -0.4 is 0 Å². The number of carbonyl (C=O) groups is 1. The summed E-state index contributed by atoms with van der Waals surface area (Å²) in [7, 11) is 0. The Morgan fingerprint density at radius 1 is 1.82 bits per heavy atom. The number of allylic oxidation sites excluding steroid dienone is 1. The van der Waals surface area contributed by atoms with E-state index in [2.05, 4.69) is 12.5 Å². The van der Waals surface area contributed by atoms with E-state index in [1.807, 2.05) is 0 Å². The highest BCUT2D eigenvalue weighted by molar-refractivity contribution is 5.70. The molecule has 1 unspecified atom stereocenters. The number of hydrogen-bond acceptors (Lipinski definition) is 1. The Bertz CT molecular complexity index is 198. The summed E-state index contributed by atoms with van der Waals surface area (Å²) in [5, 5.41) is 8.62. The fourth-order valence-electron chi connectivity index (χ4n) is 0.810. The van der Waals surface area contributed by atoms with Crippen LogP contribution >= 0.6 is 0 Å². The van der Waals surface area contributed by atoms with E-state index < -0.39 is 11.9 Å². The number of hydrogen-bond donors (Lipinski definition) is 1. The molecule has 0 aliphatic rings. The van der Waals surface area contributed by atoms with Crippen LogP contribution in [-0.2, 0) is 4.79 Å². The molecule has 60 valence electrons. The summed E-state index contributed by atoms with van der Waals surface area (Å²) >= 11 is 0. The zero-order valence-electron chi connectivity index (χ0n) is 6.63. The quantitative estimate of drug-likeness (QED) is 0.491. The van der Waals surface area contributed by atoms with E-state index in [-0.39, 0.29) is 6.42 Å². The first kappa shape index (κ1) is 9.77. The predicted octanol–water partition coefficient (Wildman–Crippen LogP) is 1.68. The highest BCUT2D eigenvalue weighted by Crippen LogP contribution is 2.13. The third-order valence-corrected chi connectivity index (χ3v) is 1.31. The van der Waals surface area contributed by atoms with E-state index in [4.69, 9.17) is 11.5 Å². The average Bonchev–Trinajstić information content (AvgIpc) is 1.86. The summed E-state index contributed by atoms with van der Waals surface area (Å²) in [6.07, 6.45) is 5.75. The van der Waals surface area contributed by atoms with Crippen molar-refractivity contribution in [3.8, 4) is 12.3 Å². The largest absolute Gasteiger partial charge is 0.481 e. The van der Waals surface area contributed by atoms with Crippen LogP contribution in [0.2, 0.25) is 0 Å². The minimum Gasteiger partial charge on any atom is -0.481 e. The van der Waals surface area contributed by atoms with Crippen LogP contribution in [-0.4, -0.2) is 11.1 Å². The second-order valence-electron chi connectivity index (χ2n) is 2.60. The Hall–Kier alpha value is -1.23. The summed E-state index contributed by atoms with van der Waals surface area (Å²) in [5.41, 5.74) is 0.854. The fourth-order valence-corrected chi connectivity index (χ4v) is 0.810. The van der Waals surface area contributed by atoms with Crippen molar-refractivity contribution < 1.29 is 9.90 Å². The van der Waals surface area contributed by atoms with Gasteiger partial charge in [-0.05, 0) is 13.3 Å². The topological polar surface area (TPSA) is 37.3 Å². The first-order chi connectivity index (χ1) is 5.07. The lowest BCUT2D eigenvalue weighted by molar-refractivity contribution is -0.141. The van der Waals surface area contributed by atoms with Gasteiger partial charge in [0.05, 0.1) is 5.92 Å². The number of aliphatic carboxylic acids is 1. The van der Waals surface area contributed by atoms with E-state index in [0.29, 0.717) is 6.42 Å². The Labute approximate surface area is 66.9 Å². The molecule has 0 amide bonds. The van der Waals surface area contributed by atoms with Crippen LogP contribution in [0.3, 0.4) is 0 Å². The van der Waals surface area contributed by atoms with Gasteiger partial charge in [-0.25, -0.2) is 0 Å². The Kier molecular flexibility index (Phi) is 4.05. The molecule has 0 heterocycles. The second kappa shape index (κ2) is 4.56. The molecule has 2 heteroatoms. The van der Waals surface area contributed by atoms with Crippen molar-refractivity contribution in [1.29, 1.82) is 0 Å². The smallest absolute Gasteiger partial charge is 0.307 e. The number of terminal acetylenes is 1. The Morgan fingerprint density at radius 2 is 2.36 bits per heavy atom. The first-order valence-corrected chi connectivity index (χ1v) is 3.38. The molecular formula is C9H12O2. The van der Waals surface area contributed by atoms with Crippen molar-refractivity contribution in [2.24, 2.45) is 5.92 Å². The van der Waals surface area contributed by atoms with Crippen LogP contribution in [0.4, 0.5) is 0 Å². The Balaban J connectivity index is 4.02. The monoisotopic (exact) mass is 152 g/mol. The van der Waals surface area contributed by atoms with Gasteiger partial charge in [0.25, 0.3) is 0 Å². The summed E-state index contributed by atoms with van der Waals surface area (Å²) in [6.45, 7) is 5.43. The van der Waals surface area contributed by atoms with Gasteiger partial charge in [-0.1, -0.05) is 5.57 Å². The molecule has 1 N–H and O–H groups in total. The van der Waals surface area contributed by atoms with Gasteiger partial charge in [0, 0.05) is 6.42 Å². The maximum Gasteiger partial charge on any atom is 0.307 e. The van der Waals surface area contributed by atoms with Crippen molar-refractivity contribution in [2.75, 3.05) is 0 Å². The molecule has 0 aromatic rings. The third kappa shape index (κ3) is 4.21. The standard InChI is InChI=1S/C9H12O2/c1-4-5-8(9(10)11)6-7(2)3/h1,8H,2,5-6H2,3H3,(H,10,11). The number of carboxylic acid groups (broad SMARTS) is 1. The third-order valence-electron chi connectivity index (χ3n) is 1.31. The molecule has 0 radical (unpaired) electrons. The zero-order chi connectivity index (χ0) is 8.85. The molecule has 2 nitrogen and oxygen atoms in total. The minimum atomic E-state index is -0.842. The zero-order valence-corrected chi connectivity index (χ0v) is 6.63. The molecule has 0 bridgehead atoms. The summed E-state index contributed by atoms with van der Waals surface area (Å²) < 4.78 is 0. The van der Waals surface area contributed by atoms with Gasteiger partial charge in [-0.3, -0.25) is 4.79 Å². The molecule has 0 saturated carbocycles. The molecule has 0 aromatic heterocycles. The minimum absolute atomic E-state index is 0.280. The van der Waals surface area contributed by atoms with Crippen molar-refractivity contribution in [2.45, 2.75) is 19.8 Å². The van der Waals surface area contributed by atoms with Gasteiger partial charge in [-0.15, -0.1) is 18.9 Å². The molecule has 0 aliphatic heterocycles. The summed E-state index contributed by atoms with van der Waals surface area (Å²) in [4.78, 5) is 10.5. The highest BCUT2D eigenvalue weighted by atomic mass is 16.4. The highest BCUT2D eigenvalue weighted by Gasteiger charge is 2.15. The Morgan fingerprint density at radius 3 is 2.64 bits per heavy atom. The van der Waals surface area contributed by atoms with Crippen molar-refractivity contribution in [3.63, 3.8) is 0 Å². The molecular weight excluding hydrogens is 140 g/mol. The van der Waals surface area contributed by atoms with Gasteiger partial charge in [0.15, 0.2) is 0 Å². The molecule has 0 aliphatic carbocycles. The SMILES string of the molecule is C#CCC(CC(=C)C)C(=O)O. The van der Waals surface area contributed by atoms with Crippen molar-refractivity contribution >= 4 is 5.97 Å². The van der Waals surface area contributed by atoms with Crippen molar-refractivity contribution in [3.05, 3.63) is 12.2 Å². The second-order valence-corrected chi connectivity index (χ2v) is 2.60. The van der Waals surface area contributed by atoms with Gasteiger partial charge < -0.3 is 5.11 Å². The van der Waals surface area contributed by atoms with E-state index in [1.165, 1.54) is 0 Å². The number of carboxylic acids is 1. The summed E-state index contributed by atoms with van der Waals surface area (Å²) in [6, 6.07) is 0. The van der Waals surface area contributed by atoms with Gasteiger partial charge in [0.2, 0.25) is 0 Å². The maximum atomic E-state index is 10.5. The fraction of sp³-hybridized carbons (Fsp3) is 0.444. The van der Waals surface area contributed by atoms with Crippen LogP contribution in [0.5, 0.6) is 0 Å². The molecule has 0 fully saturated rings. The molecule has 0 spiro atoms. The van der Waals surface area contributed by atoms with Crippen LogP contribution in [0.25, 0.3) is 0 Å². The van der Waals surface area contributed by atoms with Gasteiger partial charge in [0.1, 0.15) is 0 Å². The van der Waals surface area contributed by atoms with E-state index in [9.17, 15) is 4.79 Å². The number of rotatable bonds is 4. The lowest BCUT2D eigenvalue weighted by Crippen LogP contribution is -2.12. The molecule has 1 atom stereocenters. The summed E-state index contributed by atoms with van der Waals surface area (Å²) in [5.74, 6) is 1.03. The molecule has 0 rings (SSSR count). The lowest BCUT2D eigenvalue weighted by Gasteiger charge is -2.07. The van der Waals surface area contributed by atoms with Crippen LogP contribution in [0, 0.1) is 18.3 Å². The lowest BCUT2D eigenvalue weighted by atomic mass is 9.98. The van der Waals surface area contributed by atoms with E-state index >= 15 is 0 Å². The van der Waals surface area contributed by atoms with Crippen LogP contribution in [0.1, 0.15) is 19.8 Å². The first-order valence-electron chi connectivity index (χ1n) is 3.38. The molecule has 0 aromatic carbocycles. The van der Waals surface area contributed by atoms with Crippen LogP contribution in [0.15, 0.2) is 12.2 Å². The van der Waals surface area contributed by atoms with Crippen molar-refractivity contribution in [1.82, 2.24) is 0 Å².